The molecule has 1 atom stereocenters. The standard InChI is InChI=1S/C11H17NO3S/c1-8(2)11(14)15-6-4-5-10(7-13)12-9(3)16/h7,10H,1,4-6H2,2-3H3,(H,12,16). The van der Waals surface area contributed by atoms with Crippen molar-refractivity contribution in [2.45, 2.75) is 32.7 Å². The molecule has 0 radical (unpaired) electrons. The molecular weight excluding hydrogens is 226 g/mol. The highest BCUT2D eigenvalue weighted by Crippen LogP contribution is 1.99. The summed E-state index contributed by atoms with van der Waals surface area (Å²) < 4.78 is 4.89. The number of hydrogen-bond donors (Lipinski definition) is 1. The van der Waals surface area contributed by atoms with Crippen LogP contribution < -0.4 is 5.32 Å². The average molecular weight is 243 g/mol. The molecule has 0 aliphatic rings. The molecule has 0 spiro atoms. The van der Waals surface area contributed by atoms with Gasteiger partial charge in [-0.25, -0.2) is 4.79 Å². The molecule has 0 aliphatic carbocycles. The Hall–Kier alpha value is -1.23. The van der Waals surface area contributed by atoms with Gasteiger partial charge in [0.15, 0.2) is 0 Å². The largest absolute Gasteiger partial charge is 0.462 e. The lowest BCUT2D eigenvalue weighted by Gasteiger charge is -2.12. The molecule has 0 aromatic rings. The van der Waals surface area contributed by atoms with E-state index in [-0.39, 0.29) is 12.6 Å². The fourth-order valence-corrected chi connectivity index (χ4v) is 1.18. The van der Waals surface area contributed by atoms with Crippen molar-refractivity contribution in [2.75, 3.05) is 6.61 Å². The molecular formula is C11H17NO3S. The number of aldehydes is 1. The van der Waals surface area contributed by atoms with E-state index >= 15 is 0 Å². The highest BCUT2D eigenvalue weighted by molar-refractivity contribution is 7.80. The normalized spacial score (nSPS) is 11.4. The fourth-order valence-electron chi connectivity index (χ4n) is 1.03. The van der Waals surface area contributed by atoms with Crippen molar-refractivity contribution in [2.24, 2.45) is 0 Å². The van der Waals surface area contributed by atoms with Gasteiger partial charge in [0.05, 0.1) is 17.6 Å². The molecule has 0 heterocycles. The molecule has 16 heavy (non-hydrogen) atoms. The number of rotatable bonds is 7. The van der Waals surface area contributed by atoms with E-state index < -0.39 is 5.97 Å². The Morgan fingerprint density at radius 1 is 1.56 bits per heavy atom. The molecule has 0 aliphatic heterocycles. The van der Waals surface area contributed by atoms with Crippen LogP contribution in [0.2, 0.25) is 0 Å². The SMILES string of the molecule is C=C(C)C(=O)OCCCC(C=O)NC(C)=S. The molecule has 90 valence electrons. The van der Waals surface area contributed by atoms with E-state index in [0.29, 0.717) is 23.4 Å². The summed E-state index contributed by atoms with van der Waals surface area (Å²) in [5.41, 5.74) is 0.375. The minimum Gasteiger partial charge on any atom is -0.462 e. The third kappa shape index (κ3) is 7.11. The number of thiocarbonyl (C=S) groups is 1. The first-order valence-corrected chi connectivity index (χ1v) is 5.43. The second-order valence-corrected chi connectivity index (χ2v) is 4.11. The molecule has 4 nitrogen and oxygen atoms in total. The van der Waals surface area contributed by atoms with Crippen LogP contribution in [0.5, 0.6) is 0 Å². The van der Waals surface area contributed by atoms with Crippen LogP contribution >= 0.6 is 12.2 Å². The Morgan fingerprint density at radius 2 is 2.19 bits per heavy atom. The van der Waals surface area contributed by atoms with Gasteiger partial charge in [-0.15, -0.1) is 0 Å². The van der Waals surface area contributed by atoms with E-state index in [1.54, 1.807) is 13.8 Å². The molecule has 1 unspecified atom stereocenters. The van der Waals surface area contributed by atoms with Crippen LogP contribution in [-0.4, -0.2) is 29.9 Å². The molecule has 0 rings (SSSR count). The lowest BCUT2D eigenvalue weighted by atomic mass is 10.2. The third-order valence-corrected chi connectivity index (χ3v) is 1.91. The van der Waals surface area contributed by atoms with Crippen molar-refractivity contribution in [3.63, 3.8) is 0 Å². The molecule has 0 aromatic carbocycles. The Bertz CT molecular complexity index is 289. The van der Waals surface area contributed by atoms with Crippen LogP contribution in [0.3, 0.4) is 0 Å². The van der Waals surface area contributed by atoms with E-state index in [2.05, 4.69) is 11.9 Å². The highest BCUT2D eigenvalue weighted by atomic mass is 32.1. The topological polar surface area (TPSA) is 55.4 Å². The van der Waals surface area contributed by atoms with Crippen molar-refractivity contribution in [1.82, 2.24) is 5.32 Å². The zero-order chi connectivity index (χ0) is 12.6. The minimum absolute atomic E-state index is 0.286. The van der Waals surface area contributed by atoms with Crippen molar-refractivity contribution in [1.29, 1.82) is 0 Å². The summed E-state index contributed by atoms with van der Waals surface area (Å²) in [6, 6.07) is -0.305. The Labute approximate surface area is 101 Å². The van der Waals surface area contributed by atoms with Gasteiger partial charge in [0, 0.05) is 5.57 Å². The van der Waals surface area contributed by atoms with Gasteiger partial charge in [-0.05, 0) is 26.7 Å². The van der Waals surface area contributed by atoms with Crippen molar-refractivity contribution in [3.8, 4) is 0 Å². The number of hydrogen-bond acceptors (Lipinski definition) is 4. The zero-order valence-electron chi connectivity index (χ0n) is 9.62. The summed E-state index contributed by atoms with van der Waals surface area (Å²) >= 11 is 4.83. The maximum atomic E-state index is 11.0. The maximum absolute atomic E-state index is 11.0. The molecule has 0 saturated heterocycles. The van der Waals surface area contributed by atoms with E-state index in [0.717, 1.165) is 6.29 Å². The van der Waals surface area contributed by atoms with Gasteiger partial charge in [0.2, 0.25) is 0 Å². The summed E-state index contributed by atoms with van der Waals surface area (Å²) in [5, 5.41) is 2.85. The van der Waals surface area contributed by atoms with E-state index in [4.69, 9.17) is 17.0 Å². The van der Waals surface area contributed by atoms with Crippen molar-refractivity contribution >= 4 is 29.5 Å². The molecule has 5 heteroatoms. The predicted molar refractivity (Wildman–Crippen MR) is 66.3 cm³/mol. The Morgan fingerprint density at radius 3 is 2.62 bits per heavy atom. The number of carbonyl (C=O) groups excluding carboxylic acids is 2. The van der Waals surface area contributed by atoms with Gasteiger partial charge in [0.1, 0.15) is 6.29 Å². The zero-order valence-corrected chi connectivity index (χ0v) is 10.4. The van der Waals surface area contributed by atoms with Crippen LogP contribution in [-0.2, 0) is 14.3 Å². The molecule has 0 bridgehead atoms. The van der Waals surface area contributed by atoms with Crippen molar-refractivity contribution < 1.29 is 14.3 Å². The summed E-state index contributed by atoms with van der Waals surface area (Å²) in [7, 11) is 0. The predicted octanol–water partition coefficient (Wildman–Crippen LogP) is 1.39. The first-order chi connectivity index (χ1) is 7.47. The first kappa shape index (κ1) is 14.8. The first-order valence-electron chi connectivity index (χ1n) is 5.02. The number of carbonyl (C=O) groups is 2. The second kappa shape index (κ2) is 7.98. The lowest BCUT2D eigenvalue weighted by molar-refractivity contribution is -0.139. The fraction of sp³-hybridized carbons (Fsp3) is 0.545. The summed E-state index contributed by atoms with van der Waals surface area (Å²) in [6.07, 6.45) is 2.00. The van der Waals surface area contributed by atoms with Crippen LogP contribution in [0.25, 0.3) is 0 Å². The van der Waals surface area contributed by atoms with Crippen LogP contribution in [0.4, 0.5) is 0 Å². The van der Waals surface area contributed by atoms with Gasteiger partial charge < -0.3 is 14.8 Å². The molecule has 0 saturated carbocycles. The maximum Gasteiger partial charge on any atom is 0.333 e. The molecule has 1 N–H and O–H groups in total. The summed E-state index contributed by atoms with van der Waals surface area (Å²) in [4.78, 5) is 22.2. The smallest absolute Gasteiger partial charge is 0.333 e. The van der Waals surface area contributed by atoms with Gasteiger partial charge in [-0.2, -0.15) is 0 Å². The second-order valence-electron chi connectivity index (χ2n) is 3.50. The quantitative estimate of drug-likeness (QED) is 0.241. The van der Waals surface area contributed by atoms with Crippen LogP contribution in [0.15, 0.2) is 12.2 Å². The Balaban J connectivity index is 3.71. The van der Waals surface area contributed by atoms with Gasteiger partial charge in [-0.1, -0.05) is 18.8 Å². The summed E-state index contributed by atoms with van der Waals surface area (Å²) in [6.45, 7) is 7.06. The van der Waals surface area contributed by atoms with Crippen molar-refractivity contribution in [3.05, 3.63) is 12.2 Å². The summed E-state index contributed by atoms with van der Waals surface area (Å²) in [5.74, 6) is -0.401. The van der Waals surface area contributed by atoms with Crippen LogP contribution in [0.1, 0.15) is 26.7 Å². The van der Waals surface area contributed by atoms with E-state index in [1.807, 2.05) is 0 Å². The van der Waals surface area contributed by atoms with E-state index in [1.165, 1.54) is 0 Å². The minimum atomic E-state index is -0.401. The van der Waals surface area contributed by atoms with E-state index in [9.17, 15) is 9.59 Å². The van der Waals surface area contributed by atoms with Gasteiger partial charge >= 0.3 is 5.97 Å². The van der Waals surface area contributed by atoms with Gasteiger partial charge in [-0.3, -0.25) is 0 Å². The average Bonchev–Trinajstić information content (AvgIpc) is 2.21. The Kier molecular flexibility index (Phi) is 7.37. The molecule has 0 aromatic heterocycles. The molecule has 0 fully saturated rings. The number of esters is 1. The third-order valence-electron chi connectivity index (χ3n) is 1.79. The van der Waals surface area contributed by atoms with Gasteiger partial charge in [0.25, 0.3) is 0 Å². The number of nitrogens with one attached hydrogen (secondary N) is 1. The highest BCUT2D eigenvalue weighted by Gasteiger charge is 2.07. The monoisotopic (exact) mass is 243 g/mol. The molecule has 0 amide bonds. The number of ether oxygens (including phenoxy) is 1. The van der Waals surface area contributed by atoms with Crippen LogP contribution in [0, 0.1) is 0 Å². The lowest BCUT2D eigenvalue weighted by Crippen LogP contribution is -2.33.